The lowest BCUT2D eigenvalue weighted by molar-refractivity contribution is -0.123. The first-order valence-corrected chi connectivity index (χ1v) is 16.4. The van der Waals surface area contributed by atoms with Crippen molar-refractivity contribution in [2.75, 3.05) is 34.8 Å². The minimum atomic E-state index is -0.582. The summed E-state index contributed by atoms with van der Waals surface area (Å²) in [5.41, 5.74) is 5.27. The van der Waals surface area contributed by atoms with Gasteiger partial charge in [-0.3, -0.25) is 4.79 Å². The van der Waals surface area contributed by atoms with Gasteiger partial charge in [0.15, 0.2) is 0 Å². The van der Waals surface area contributed by atoms with Crippen molar-refractivity contribution in [1.29, 1.82) is 0 Å². The molecule has 2 bridgehead atoms. The number of Topliss-reactive ketones (excluding diaryl/α,β-unsaturated/α-hetero) is 1. The van der Waals surface area contributed by atoms with E-state index >= 15 is 0 Å². The minimum absolute atomic E-state index is 0.281. The molecule has 6 rings (SSSR count). The van der Waals surface area contributed by atoms with Gasteiger partial charge in [0.05, 0.1) is 12.5 Å². The molecule has 4 heteroatoms. The van der Waals surface area contributed by atoms with Crippen LogP contribution in [0.4, 0.5) is 0 Å². The third-order valence-corrected chi connectivity index (χ3v) is 11.1. The average molecular weight is 581 g/mol. The lowest BCUT2D eigenvalue weighted by Gasteiger charge is -2.58. The molecule has 1 heterocycles. The molecule has 0 radical (unpaired) electrons. The summed E-state index contributed by atoms with van der Waals surface area (Å²) in [7, 11) is 8.26. The van der Waals surface area contributed by atoms with Gasteiger partial charge in [-0.05, 0) is 107 Å². The number of nitrogens with zero attached hydrogens (tertiary/aromatic N) is 2. The van der Waals surface area contributed by atoms with Gasteiger partial charge in [0.1, 0.15) is 11.5 Å². The molecular formula is C39H52N2O2. The van der Waals surface area contributed by atoms with Crippen molar-refractivity contribution in [3.05, 3.63) is 101 Å². The Morgan fingerprint density at radius 3 is 2.23 bits per heavy atom. The summed E-state index contributed by atoms with van der Waals surface area (Å²) in [5.74, 6) is 2.19. The van der Waals surface area contributed by atoms with Crippen molar-refractivity contribution < 1.29 is 9.53 Å². The van der Waals surface area contributed by atoms with E-state index in [0.717, 1.165) is 35.3 Å². The van der Waals surface area contributed by atoms with Gasteiger partial charge in [-0.2, -0.15) is 0 Å². The maximum absolute atomic E-state index is 13.2. The van der Waals surface area contributed by atoms with E-state index in [1.165, 1.54) is 45.1 Å². The molecule has 3 aromatic rings. The van der Waals surface area contributed by atoms with E-state index in [2.05, 4.69) is 80.3 Å². The fourth-order valence-corrected chi connectivity index (χ4v) is 8.51. The number of fused-ring (bicyclic) bond motifs is 1. The molecule has 4 nitrogen and oxygen atoms in total. The van der Waals surface area contributed by atoms with E-state index in [4.69, 9.17) is 4.74 Å². The maximum atomic E-state index is 13.2. The van der Waals surface area contributed by atoms with Crippen LogP contribution in [0, 0.1) is 5.92 Å². The number of ether oxygens (including phenoxy) is 1. The number of hydrogen-bond acceptors (Lipinski definition) is 4. The first-order valence-electron chi connectivity index (χ1n) is 16.4. The summed E-state index contributed by atoms with van der Waals surface area (Å²) in [4.78, 5) is 18.0. The van der Waals surface area contributed by atoms with Crippen LogP contribution in [0.2, 0.25) is 0 Å². The molecule has 3 aliphatic rings. The Labute approximate surface area is 260 Å². The zero-order chi connectivity index (χ0) is 30.6. The summed E-state index contributed by atoms with van der Waals surface area (Å²) >= 11 is 0. The number of benzene rings is 3. The van der Waals surface area contributed by atoms with Crippen LogP contribution in [0.3, 0.4) is 0 Å². The molecule has 230 valence electrons. The van der Waals surface area contributed by atoms with Gasteiger partial charge in [-0.1, -0.05) is 86.5 Å². The van der Waals surface area contributed by atoms with Gasteiger partial charge < -0.3 is 14.5 Å². The van der Waals surface area contributed by atoms with Gasteiger partial charge in [0, 0.05) is 23.9 Å². The Kier molecular flexibility index (Phi) is 9.78. The molecule has 0 spiro atoms. The third-order valence-electron chi connectivity index (χ3n) is 11.1. The molecule has 2 fully saturated rings. The third kappa shape index (κ3) is 5.93. The zero-order valence-electron chi connectivity index (χ0n) is 27.3. The fraction of sp³-hybridized carbons (Fsp3) is 0.513. The van der Waals surface area contributed by atoms with Crippen LogP contribution in [0.1, 0.15) is 81.0 Å². The van der Waals surface area contributed by atoms with Crippen LogP contribution in [-0.2, 0) is 22.0 Å². The predicted octanol–water partition coefficient (Wildman–Crippen LogP) is 7.68. The predicted molar refractivity (Wildman–Crippen MR) is 178 cm³/mol. The Hall–Kier alpha value is -2.95. The van der Waals surface area contributed by atoms with Crippen molar-refractivity contribution in [3.63, 3.8) is 0 Å². The van der Waals surface area contributed by atoms with E-state index in [9.17, 15) is 4.79 Å². The van der Waals surface area contributed by atoms with Crippen LogP contribution < -0.4 is 4.74 Å². The highest BCUT2D eigenvalue weighted by Gasteiger charge is 2.53. The number of ketones is 1. The lowest BCUT2D eigenvalue weighted by Crippen LogP contribution is -2.59. The number of methoxy groups -OCH3 is 1. The molecule has 3 aromatic carbocycles. The number of likely N-dealkylation sites (tertiary alicyclic amines) is 1. The minimum Gasteiger partial charge on any atom is -0.497 e. The highest BCUT2D eigenvalue weighted by molar-refractivity contribution is 5.93. The van der Waals surface area contributed by atoms with E-state index in [1.807, 2.05) is 43.3 Å². The highest BCUT2D eigenvalue weighted by atomic mass is 16.5. The van der Waals surface area contributed by atoms with E-state index in [-0.39, 0.29) is 5.78 Å². The van der Waals surface area contributed by atoms with Crippen molar-refractivity contribution >= 4 is 5.78 Å². The topological polar surface area (TPSA) is 32.8 Å². The second-order valence-corrected chi connectivity index (χ2v) is 13.5. The van der Waals surface area contributed by atoms with Crippen LogP contribution in [0.5, 0.6) is 5.75 Å². The number of likely N-dealkylation sites (N-methyl/N-ethyl adjacent to an activating group) is 1. The largest absolute Gasteiger partial charge is 0.497 e. The quantitative estimate of drug-likeness (QED) is 0.274. The number of piperidine rings is 1. The zero-order valence-corrected chi connectivity index (χ0v) is 27.3. The molecule has 4 atom stereocenters. The Bertz CT molecular complexity index is 1310. The van der Waals surface area contributed by atoms with Gasteiger partial charge in [0.25, 0.3) is 0 Å². The number of carbonyl (C=O) groups is 1. The van der Waals surface area contributed by atoms with Crippen LogP contribution in [-0.4, -0.2) is 62.5 Å². The second kappa shape index (κ2) is 13.4. The Balaban J connectivity index is 0.000000172. The molecule has 1 aliphatic heterocycles. The van der Waals surface area contributed by atoms with Gasteiger partial charge in [-0.15, -0.1) is 0 Å². The van der Waals surface area contributed by atoms with Crippen LogP contribution in [0.25, 0.3) is 0 Å². The van der Waals surface area contributed by atoms with E-state index in [0.29, 0.717) is 17.9 Å². The van der Waals surface area contributed by atoms with Crippen LogP contribution >= 0.6 is 0 Å². The molecular weight excluding hydrogens is 528 g/mol. The maximum Gasteiger partial charge on any atom is 0.147 e. The normalized spacial score (nSPS) is 23.8. The molecule has 1 saturated carbocycles. The SMILES string of the molecule is CCC(=O)C(CC(C)N(C)C)(c1ccccc1)c1ccccc1.COc1ccc2c(c1)[C@@]13CCCC[C@@H]1[C@@H](C2)N(C)CC3. The molecule has 2 aliphatic carbocycles. The summed E-state index contributed by atoms with van der Waals surface area (Å²) in [6, 6.07) is 28.3. The van der Waals surface area contributed by atoms with Gasteiger partial charge in [-0.25, -0.2) is 0 Å². The summed E-state index contributed by atoms with van der Waals surface area (Å²) in [6.45, 7) is 5.41. The lowest BCUT2D eigenvalue weighted by atomic mass is 9.52. The van der Waals surface area contributed by atoms with Crippen LogP contribution in [0.15, 0.2) is 78.9 Å². The first-order chi connectivity index (χ1) is 20.8. The van der Waals surface area contributed by atoms with E-state index in [1.54, 1.807) is 18.2 Å². The second-order valence-electron chi connectivity index (χ2n) is 13.5. The van der Waals surface area contributed by atoms with Crippen molar-refractivity contribution in [2.45, 2.75) is 88.1 Å². The molecule has 1 unspecified atom stereocenters. The first kappa shape index (κ1) is 31.5. The van der Waals surface area contributed by atoms with E-state index < -0.39 is 5.41 Å². The smallest absolute Gasteiger partial charge is 0.147 e. The molecule has 0 amide bonds. The van der Waals surface area contributed by atoms with Crippen molar-refractivity contribution in [2.24, 2.45) is 5.92 Å². The summed E-state index contributed by atoms with van der Waals surface area (Å²) in [6.07, 6.45) is 9.53. The molecule has 43 heavy (non-hydrogen) atoms. The standard InChI is InChI=1S/C21H27NO.C18H25NO/c1-5-20(23)21(16-17(2)22(3)4,18-12-8-6-9-13-18)19-14-10-7-11-15-19;1-19-10-9-18-8-4-3-5-15(18)17(19)11-13-6-7-14(20-2)12-16(13)18/h6-15,17H,5,16H2,1-4H3;6-7,12,15,17H,3-5,8-11H2,1-2H3/t;15-,17-,18-/m.1/s1. The monoisotopic (exact) mass is 580 g/mol. The summed E-state index contributed by atoms with van der Waals surface area (Å²) < 4.78 is 5.51. The summed E-state index contributed by atoms with van der Waals surface area (Å²) in [5, 5.41) is 0. The van der Waals surface area contributed by atoms with Crippen molar-refractivity contribution in [3.8, 4) is 5.75 Å². The number of rotatable bonds is 8. The molecule has 1 saturated heterocycles. The van der Waals surface area contributed by atoms with Gasteiger partial charge in [0.2, 0.25) is 0 Å². The van der Waals surface area contributed by atoms with Gasteiger partial charge >= 0.3 is 0 Å². The number of carbonyl (C=O) groups excluding carboxylic acids is 1. The Morgan fingerprint density at radius 2 is 1.65 bits per heavy atom. The average Bonchev–Trinajstić information content (AvgIpc) is 3.05. The Morgan fingerprint density at radius 1 is 1.00 bits per heavy atom. The highest BCUT2D eigenvalue weighted by Crippen LogP contribution is 2.56. The van der Waals surface area contributed by atoms with Crippen molar-refractivity contribution in [1.82, 2.24) is 9.80 Å². The molecule has 0 aromatic heterocycles. The molecule has 0 N–H and O–H groups in total. The fourth-order valence-electron chi connectivity index (χ4n) is 8.51. The number of hydrogen-bond donors (Lipinski definition) is 0.